The molecule has 38 heavy (non-hydrogen) atoms. The number of alkyl halides is 1. The van der Waals surface area contributed by atoms with Crippen molar-refractivity contribution < 1.29 is 14.6 Å². The van der Waals surface area contributed by atoms with E-state index >= 15 is 0 Å². The average molecular weight is 647 g/mol. The van der Waals surface area contributed by atoms with Crippen LogP contribution in [0.4, 0.5) is 0 Å². The van der Waals surface area contributed by atoms with Crippen molar-refractivity contribution in [1.82, 2.24) is 0 Å². The van der Waals surface area contributed by atoms with Crippen LogP contribution in [0.2, 0.25) is 19.6 Å². The molecule has 2 saturated carbocycles. The van der Waals surface area contributed by atoms with E-state index in [0.717, 1.165) is 17.3 Å². The predicted octanol–water partition coefficient (Wildman–Crippen LogP) is 8.37. The second-order valence-electron chi connectivity index (χ2n) is 12.7. The van der Waals surface area contributed by atoms with Crippen molar-refractivity contribution in [3.8, 4) is 0 Å². The van der Waals surface area contributed by atoms with Crippen molar-refractivity contribution in [3.05, 3.63) is 82.6 Å². The van der Waals surface area contributed by atoms with Crippen molar-refractivity contribution in [3.63, 3.8) is 0 Å². The van der Waals surface area contributed by atoms with E-state index in [1.165, 1.54) is 48.4 Å². The smallest absolute Gasteiger partial charge is 0.0757 e. The number of halogens is 1. The quantitative estimate of drug-likeness (QED) is 0.143. The zero-order chi connectivity index (χ0) is 27.0. The Morgan fingerprint density at radius 3 is 1.89 bits per heavy atom. The Morgan fingerprint density at radius 2 is 1.42 bits per heavy atom. The Morgan fingerprint density at radius 1 is 0.895 bits per heavy atom. The first kappa shape index (κ1) is 30.0. The van der Waals surface area contributed by atoms with Crippen molar-refractivity contribution in [2.45, 2.75) is 83.9 Å². The highest BCUT2D eigenvalue weighted by atomic mass is 127. The van der Waals surface area contributed by atoms with E-state index in [4.69, 9.17) is 9.47 Å². The van der Waals surface area contributed by atoms with Crippen LogP contribution in [-0.4, -0.2) is 36.9 Å². The lowest BCUT2D eigenvalue weighted by Crippen LogP contribution is -2.39. The molecule has 0 bridgehead atoms. The molecule has 4 rings (SSSR count). The summed E-state index contributed by atoms with van der Waals surface area (Å²) < 4.78 is 14.0. The average Bonchev–Trinajstić information content (AvgIpc) is 3.27. The summed E-state index contributed by atoms with van der Waals surface area (Å²) >= 11 is 2.57. The van der Waals surface area contributed by atoms with Gasteiger partial charge in [0, 0.05) is 9.84 Å². The van der Waals surface area contributed by atoms with Gasteiger partial charge in [0.15, 0.2) is 0 Å². The molecule has 2 atom stereocenters. The molecule has 2 aromatic carbocycles. The Bertz CT molecular complexity index is 966. The molecule has 3 nitrogen and oxygen atoms in total. The van der Waals surface area contributed by atoms with Gasteiger partial charge in [0.05, 0.1) is 40.6 Å². The fraction of sp³-hybridized carbons (Fsp3) is 0.576. The van der Waals surface area contributed by atoms with Gasteiger partial charge >= 0.3 is 0 Å². The van der Waals surface area contributed by atoms with Crippen LogP contribution < -0.4 is 0 Å². The maximum absolute atomic E-state index is 11.9. The molecule has 2 fully saturated rings. The maximum atomic E-state index is 11.9. The molecule has 5 heteroatoms. The second kappa shape index (κ2) is 14.1. The van der Waals surface area contributed by atoms with Crippen molar-refractivity contribution in [2.75, 3.05) is 17.6 Å². The maximum Gasteiger partial charge on any atom is 0.0757 e. The number of aliphatic hydroxyl groups excluding tert-OH is 1. The minimum atomic E-state index is -1.74. The van der Waals surface area contributed by atoms with E-state index in [9.17, 15) is 5.11 Å². The molecular weight excluding hydrogens is 599 g/mol. The summed E-state index contributed by atoms with van der Waals surface area (Å²) in [7, 11) is -1.74. The fourth-order valence-corrected chi connectivity index (χ4v) is 9.93. The third kappa shape index (κ3) is 8.03. The molecule has 2 aliphatic carbocycles. The van der Waals surface area contributed by atoms with Crippen LogP contribution in [0.5, 0.6) is 0 Å². The number of allylic oxidation sites excluding steroid dienone is 1. The molecule has 208 valence electrons. The summed E-state index contributed by atoms with van der Waals surface area (Å²) in [6.07, 6.45) is 7.94. The molecular formula is C33H47IO3Si. The largest absolute Gasteiger partial charge is 0.389 e. The van der Waals surface area contributed by atoms with Gasteiger partial charge in [-0.1, -0.05) is 133 Å². The summed E-state index contributed by atoms with van der Waals surface area (Å²) in [5.74, 6) is 0.905. The van der Waals surface area contributed by atoms with Crippen LogP contribution in [0.1, 0.15) is 56.1 Å². The fourth-order valence-electron chi connectivity index (χ4n) is 6.71. The van der Waals surface area contributed by atoms with E-state index < -0.39 is 8.07 Å². The van der Waals surface area contributed by atoms with Crippen molar-refractivity contribution in [2.24, 2.45) is 17.3 Å². The summed E-state index contributed by atoms with van der Waals surface area (Å²) in [4.78, 5) is 0. The van der Waals surface area contributed by atoms with Gasteiger partial charge in [-0.15, -0.1) is 0 Å². The number of hydrogen-bond donors (Lipinski definition) is 1. The topological polar surface area (TPSA) is 38.7 Å². The Hall–Kier alpha value is -0.993. The molecule has 1 N–H and O–H groups in total. The summed E-state index contributed by atoms with van der Waals surface area (Å²) in [6, 6.07) is 20.9. The van der Waals surface area contributed by atoms with Crippen molar-refractivity contribution >= 4 is 30.7 Å². The van der Waals surface area contributed by atoms with Gasteiger partial charge in [0.2, 0.25) is 0 Å². The Kier molecular flexibility index (Phi) is 11.1. The molecule has 0 aromatic heterocycles. The lowest BCUT2D eigenvalue weighted by Gasteiger charge is -2.36. The minimum absolute atomic E-state index is 0.0636. The van der Waals surface area contributed by atoms with E-state index in [-0.39, 0.29) is 11.5 Å². The van der Waals surface area contributed by atoms with E-state index in [1.54, 1.807) is 5.57 Å². The summed E-state index contributed by atoms with van der Waals surface area (Å²) in [6.45, 7) is 9.93. The van der Waals surface area contributed by atoms with Gasteiger partial charge in [-0.25, -0.2) is 0 Å². The molecule has 0 unspecified atom stereocenters. The molecule has 0 saturated heterocycles. The molecule has 0 aliphatic heterocycles. The number of ether oxygens (including phenoxy) is 2. The first-order chi connectivity index (χ1) is 18.3. The monoisotopic (exact) mass is 646 g/mol. The zero-order valence-corrected chi connectivity index (χ0v) is 26.8. The molecule has 0 spiro atoms. The third-order valence-electron chi connectivity index (χ3n) is 8.51. The number of hydrogen-bond acceptors (Lipinski definition) is 3. The van der Waals surface area contributed by atoms with Gasteiger partial charge in [0.1, 0.15) is 0 Å². The molecule has 0 radical (unpaired) electrons. The van der Waals surface area contributed by atoms with E-state index in [1.807, 2.05) is 0 Å². The van der Waals surface area contributed by atoms with E-state index in [0.29, 0.717) is 38.3 Å². The number of benzene rings is 2. The van der Waals surface area contributed by atoms with Crippen LogP contribution in [-0.2, 0) is 22.7 Å². The number of rotatable bonds is 12. The van der Waals surface area contributed by atoms with Crippen LogP contribution >= 0.6 is 22.6 Å². The van der Waals surface area contributed by atoms with Crippen LogP contribution in [0.15, 0.2) is 71.4 Å². The lowest BCUT2D eigenvalue weighted by atomic mass is 9.83. The third-order valence-corrected chi connectivity index (χ3v) is 11.8. The Balaban J connectivity index is 1.59. The number of aliphatic hydroxyl groups is 1. The van der Waals surface area contributed by atoms with Gasteiger partial charge in [0.25, 0.3) is 0 Å². The summed E-state index contributed by atoms with van der Waals surface area (Å²) in [5, 5.41) is 13.3. The predicted molar refractivity (Wildman–Crippen MR) is 169 cm³/mol. The molecule has 2 aliphatic rings. The first-order valence-corrected chi connectivity index (χ1v) is 19.5. The lowest BCUT2D eigenvalue weighted by molar-refractivity contribution is -0.0303. The molecule has 0 heterocycles. The Labute approximate surface area is 245 Å². The zero-order valence-electron chi connectivity index (χ0n) is 23.6. The van der Waals surface area contributed by atoms with Gasteiger partial charge < -0.3 is 14.6 Å². The molecule has 0 amide bonds. The van der Waals surface area contributed by atoms with Gasteiger partial charge in [-0.2, -0.15) is 0 Å². The minimum Gasteiger partial charge on any atom is -0.389 e. The highest BCUT2D eigenvalue weighted by molar-refractivity contribution is 14.1. The van der Waals surface area contributed by atoms with Crippen LogP contribution in [0, 0.1) is 17.3 Å². The highest BCUT2D eigenvalue weighted by Gasteiger charge is 2.46. The standard InChI is InChI=1S/C33H47IO3Si/c1-38(2,3)32(31(35)28-17-11-6-12-18-28)30-20-33(19-29(30)21-34,24-36-22-26-13-7-4-8-14-26)25-37-23-27-15-9-5-10-16-27/h4-5,7-10,13-16,28-29,31,35H,6,11-12,17-25H2,1-3H3/b32-30+/t29-,31+/m1/s1. The van der Waals surface area contributed by atoms with Crippen LogP contribution in [0.3, 0.4) is 0 Å². The summed E-state index contributed by atoms with van der Waals surface area (Å²) in [5.41, 5.74) is 3.90. The normalized spacial score (nSPS) is 22.4. The first-order valence-electron chi connectivity index (χ1n) is 14.5. The highest BCUT2D eigenvalue weighted by Crippen LogP contribution is 2.50. The SMILES string of the molecule is C[Si](C)(C)/C(=C1\CC(COCc2ccccc2)(COCc2ccccc2)C[C@@H]1CI)[C@@H](O)C1CCCCC1. The van der Waals surface area contributed by atoms with Crippen molar-refractivity contribution in [1.29, 1.82) is 0 Å². The second-order valence-corrected chi connectivity index (χ2v) is 18.6. The van der Waals surface area contributed by atoms with Gasteiger partial charge in [-0.05, 0) is 48.6 Å². The van der Waals surface area contributed by atoms with E-state index in [2.05, 4.69) is 103 Å². The van der Waals surface area contributed by atoms with Gasteiger partial charge in [-0.3, -0.25) is 0 Å². The van der Waals surface area contributed by atoms with Crippen LogP contribution in [0.25, 0.3) is 0 Å². The molecule has 2 aromatic rings.